The third-order valence-electron chi connectivity index (χ3n) is 11.0. The van der Waals surface area contributed by atoms with Gasteiger partial charge in [0.2, 0.25) is 0 Å². The van der Waals surface area contributed by atoms with Crippen LogP contribution < -0.4 is 9.80 Å². The van der Waals surface area contributed by atoms with Gasteiger partial charge in [0, 0.05) is 28.2 Å². The molecule has 1 aliphatic carbocycles. The van der Waals surface area contributed by atoms with Crippen molar-refractivity contribution in [3.63, 3.8) is 0 Å². The first-order valence-corrected chi connectivity index (χ1v) is 18.0. The van der Waals surface area contributed by atoms with Crippen LogP contribution in [0.2, 0.25) is 0 Å². The van der Waals surface area contributed by atoms with Gasteiger partial charge in [0.05, 0.1) is 11.6 Å². The second-order valence-corrected chi connectivity index (χ2v) is 15.5. The summed E-state index contributed by atoms with van der Waals surface area (Å²) in [5, 5.41) is 0. The van der Waals surface area contributed by atoms with Gasteiger partial charge in [-0.15, -0.1) is 0 Å². The van der Waals surface area contributed by atoms with Crippen LogP contribution in [0.3, 0.4) is 0 Å². The van der Waals surface area contributed by atoms with E-state index in [0.29, 0.717) is 0 Å². The summed E-state index contributed by atoms with van der Waals surface area (Å²) in [5.41, 5.74) is 17.5. The third kappa shape index (κ3) is 5.92. The Labute approximate surface area is 300 Å². The molecule has 0 N–H and O–H groups in total. The van der Waals surface area contributed by atoms with Gasteiger partial charge >= 0.3 is 0 Å². The minimum atomic E-state index is -0.313. The molecule has 1 aliphatic rings. The highest BCUT2D eigenvalue weighted by Crippen LogP contribution is 2.51. The quantitative estimate of drug-likeness (QED) is 0.161. The molecular formula is C48H50N2. The highest BCUT2D eigenvalue weighted by Gasteiger charge is 2.39. The number of hydrogen-bond donors (Lipinski definition) is 0. The van der Waals surface area contributed by atoms with Crippen molar-refractivity contribution < 1.29 is 0 Å². The van der Waals surface area contributed by atoms with Gasteiger partial charge in [0.15, 0.2) is 0 Å². The van der Waals surface area contributed by atoms with Gasteiger partial charge in [-0.25, -0.2) is 0 Å². The normalized spacial score (nSPS) is 13.8. The molecule has 0 amide bonds. The number of fused-ring (bicyclic) bond motifs is 3. The monoisotopic (exact) mass is 654 g/mol. The summed E-state index contributed by atoms with van der Waals surface area (Å²) in [4.78, 5) is 4.97. The summed E-state index contributed by atoms with van der Waals surface area (Å²) < 4.78 is 0. The van der Waals surface area contributed by atoms with Crippen LogP contribution in [0.4, 0.5) is 22.7 Å². The van der Waals surface area contributed by atoms with Crippen molar-refractivity contribution in [3.8, 4) is 11.1 Å². The van der Waals surface area contributed by atoms with Crippen LogP contribution in [0.25, 0.3) is 11.1 Å². The highest BCUT2D eigenvalue weighted by molar-refractivity contribution is 5.82. The molecule has 0 aliphatic heterocycles. The standard InChI is InChI=1S/C48H50N2/c1-32-10-20-39(21-11-32)49(40-22-12-33(2)13-23-40)36(5)37-18-28-43-44-29-19-38(31-46(44)47(6,7)45(43)30-37)48(8,9)50(41-24-14-34(3)15-25-41)42-26-16-35(4)17-27-42/h10-31,36H,1-9H3. The lowest BCUT2D eigenvalue weighted by atomic mass is 9.79. The van der Waals surface area contributed by atoms with E-state index >= 15 is 0 Å². The van der Waals surface area contributed by atoms with Gasteiger partial charge in [-0.2, -0.15) is 0 Å². The zero-order valence-corrected chi connectivity index (χ0v) is 31.2. The fourth-order valence-corrected chi connectivity index (χ4v) is 7.86. The van der Waals surface area contributed by atoms with Gasteiger partial charge in [-0.1, -0.05) is 121 Å². The molecule has 0 spiro atoms. The molecule has 0 bridgehead atoms. The number of hydrogen-bond acceptors (Lipinski definition) is 2. The number of nitrogens with zero attached hydrogens (tertiary/aromatic N) is 2. The predicted molar refractivity (Wildman–Crippen MR) is 214 cm³/mol. The van der Waals surface area contributed by atoms with E-state index in [4.69, 9.17) is 0 Å². The molecule has 252 valence electrons. The maximum Gasteiger partial charge on any atom is 0.0646 e. The molecule has 0 radical (unpaired) electrons. The molecule has 1 atom stereocenters. The Bertz CT molecular complexity index is 2040. The molecule has 2 nitrogen and oxygen atoms in total. The maximum atomic E-state index is 2.49. The summed E-state index contributed by atoms with van der Waals surface area (Å²) in [6, 6.07) is 50.3. The predicted octanol–water partition coefficient (Wildman–Crippen LogP) is 13.2. The summed E-state index contributed by atoms with van der Waals surface area (Å²) in [7, 11) is 0. The van der Waals surface area contributed by atoms with Crippen molar-refractivity contribution in [3.05, 3.63) is 178 Å². The van der Waals surface area contributed by atoms with E-state index in [1.54, 1.807) is 0 Å². The first kappa shape index (κ1) is 33.4. The van der Waals surface area contributed by atoms with Crippen molar-refractivity contribution in [2.45, 2.75) is 79.3 Å². The fourth-order valence-electron chi connectivity index (χ4n) is 7.86. The molecule has 0 heterocycles. The van der Waals surface area contributed by atoms with Crippen LogP contribution in [0.5, 0.6) is 0 Å². The average molecular weight is 655 g/mol. The molecule has 50 heavy (non-hydrogen) atoms. The van der Waals surface area contributed by atoms with Crippen molar-refractivity contribution in [1.82, 2.24) is 0 Å². The molecule has 2 heteroatoms. The Morgan fingerprint density at radius 1 is 0.480 bits per heavy atom. The van der Waals surface area contributed by atoms with Crippen LogP contribution in [-0.4, -0.2) is 0 Å². The Balaban J connectivity index is 1.28. The molecular weight excluding hydrogens is 605 g/mol. The van der Waals surface area contributed by atoms with E-state index in [1.165, 1.54) is 78.4 Å². The molecule has 1 unspecified atom stereocenters. The molecule has 0 saturated carbocycles. The van der Waals surface area contributed by atoms with E-state index in [9.17, 15) is 0 Å². The Morgan fingerprint density at radius 3 is 1.30 bits per heavy atom. The van der Waals surface area contributed by atoms with E-state index < -0.39 is 0 Å². The summed E-state index contributed by atoms with van der Waals surface area (Å²) in [6.07, 6.45) is 0. The lowest BCUT2D eigenvalue weighted by molar-refractivity contribution is 0.533. The Hall–Kier alpha value is -5.08. The lowest BCUT2D eigenvalue weighted by Gasteiger charge is -2.41. The average Bonchev–Trinajstić information content (AvgIpc) is 3.33. The van der Waals surface area contributed by atoms with Crippen molar-refractivity contribution in [2.75, 3.05) is 9.80 Å². The molecule has 0 fully saturated rings. The highest BCUT2D eigenvalue weighted by atomic mass is 15.2. The Kier molecular flexibility index (Phi) is 8.47. The number of benzene rings is 6. The first-order valence-electron chi connectivity index (χ1n) is 18.0. The van der Waals surface area contributed by atoms with Crippen LogP contribution in [0.15, 0.2) is 133 Å². The molecule has 0 aromatic heterocycles. The van der Waals surface area contributed by atoms with Crippen LogP contribution in [0.1, 0.15) is 85.2 Å². The van der Waals surface area contributed by atoms with Crippen LogP contribution in [0, 0.1) is 27.7 Å². The second kappa shape index (κ2) is 12.7. The summed E-state index contributed by atoms with van der Waals surface area (Å²) in [5.74, 6) is 0. The lowest BCUT2D eigenvalue weighted by Crippen LogP contribution is -2.38. The SMILES string of the molecule is Cc1ccc(N(c2ccc(C)cc2)C(C)c2ccc3c(c2)C(C)(C)c2cc(C(C)(C)N(c4ccc(C)cc4)c4ccc(C)cc4)ccc2-3)cc1. The fraction of sp³-hybridized carbons (Fsp3) is 0.250. The minimum absolute atomic E-state index is 0.136. The maximum absolute atomic E-state index is 2.49. The number of rotatable bonds is 8. The summed E-state index contributed by atoms with van der Waals surface area (Å²) >= 11 is 0. The molecule has 0 saturated heterocycles. The zero-order chi connectivity index (χ0) is 35.4. The van der Waals surface area contributed by atoms with Gasteiger partial charge in [0.25, 0.3) is 0 Å². The van der Waals surface area contributed by atoms with Crippen LogP contribution in [-0.2, 0) is 11.0 Å². The van der Waals surface area contributed by atoms with Gasteiger partial charge in [0.1, 0.15) is 0 Å². The molecule has 6 aromatic carbocycles. The smallest absolute Gasteiger partial charge is 0.0646 e. The van der Waals surface area contributed by atoms with Crippen molar-refractivity contribution >= 4 is 22.7 Å². The number of aryl methyl sites for hydroxylation is 4. The second-order valence-electron chi connectivity index (χ2n) is 15.5. The minimum Gasteiger partial charge on any atom is -0.334 e. The van der Waals surface area contributed by atoms with Crippen LogP contribution >= 0.6 is 0 Å². The largest absolute Gasteiger partial charge is 0.334 e. The van der Waals surface area contributed by atoms with Gasteiger partial charge in [-0.3, -0.25) is 0 Å². The van der Waals surface area contributed by atoms with E-state index in [2.05, 4.69) is 206 Å². The molecule has 7 rings (SSSR count). The van der Waals surface area contributed by atoms with E-state index in [0.717, 1.165) is 0 Å². The van der Waals surface area contributed by atoms with Crippen molar-refractivity contribution in [2.24, 2.45) is 0 Å². The Morgan fingerprint density at radius 2 is 0.860 bits per heavy atom. The first-order chi connectivity index (χ1) is 23.8. The van der Waals surface area contributed by atoms with E-state index in [-0.39, 0.29) is 17.0 Å². The topological polar surface area (TPSA) is 6.48 Å². The zero-order valence-electron chi connectivity index (χ0n) is 31.2. The van der Waals surface area contributed by atoms with Gasteiger partial charge < -0.3 is 9.80 Å². The van der Waals surface area contributed by atoms with E-state index in [1.807, 2.05) is 0 Å². The molecule has 6 aromatic rings. The van der Waals surface area contributed by atoms with Crippen molar-refractivity contribution in [1.29, 1.82) is 0 Å². The van der Waals surface area contributed by atoms with Gasteiger partial charge in [-0.05, 0) is 130 Å². The summed E-state index contributed by atoms with van der Waals surface area (Å²) in [6.45, 7) is 20.5. The third-order valence-corrected chi connectivity index (χ3v) is 11.0. The number of anilines is 4.